The lowest BCUT2D eigenvalue weighted by Gasteiger charge is -2.04. The molecule has 0 fully saturated rings. The van der Waals surface area contributed by atoms with E-state index in [9.17, 15) is 4.21 Å². The van der Waals surface area contributed by atoms with Crippen LogP contribution in [0.1, 0.15) is 11.1 Å². The summed E-state index contributed by atoms with van der Waals surface area (Å²) in [6.07, 6.45) is 0. The van der Waals surface area contributed by atoms with Gasteiger partial charge in [-0.05, 0) is 23.3 Å². The highest BCUT2D eigenvalue weighted by Crippen LogP contribution is 2.13. The van der Waals surface area contributed by atoms with Gasteiger partial charge in [-0.25, -0.2) is 0 Å². The first-order chi connectivity index (χ1) is 8.29. The van der Waals surface area contributed by atoms with Gasteiger partial charge >= 0.3 is 0 Å². The minimum atomic E-state index is -0.985. The first kappa shape index (κ1) is 12.0. The smallest absolute Gasteiger partial charge is 0.0574 e. The van der Waals surface area contributed by atoms with E-state index in [4.69, 9.17) is 5.73 Å². The fraction of sp³-hybridized carbons (Fsp3) is 0.143. The Hall–Kier alpha value is -1.45. The molecule has 17 heavy (non-hydrogen) atoms. The van der Waals surface area contributed by atoms with E-state index in [1.54, 1.807) is 0 Å². The average Bonchev–Trinajstić information content (AvgIpc) is 2.40. The minimum Gasteiger partial charge on any atom is -0.326 e. The molecule has 0 saturated heterocycles. The lowest BCUT2D eigenvalue weighted by atomic mass is 10.1. The maximum absolute atomic E-state index is 12.1. The van der Waals surface area contributed by atoms with Crippen LogP contribution >= 0.6 is 0 Å². The summed E-state index contributed by atoms with van der Waals surface area (Å²) in [6.45, 7) is 0.520. The predicted octanol–water partition coefficient (Wildman–Crippen LogP) is 2.45. The highest BCUT2D eigenvalue weighted by atomic mass is 32.2. The topological polar surface area (TPSA) is 43.1 Å². The van der Waals surface area contributed by atoms with Crippen molar-refractivity contribution in [2.24, 2.45) is 5.73 Å². The summed E-state index contributed by atoms with van der Waals surface area (Å²) in [4.78, 5) is 0.866. The highest BCUT2D eigenvalue weighted by molar-refractivity contribution is 7.84. The molecule has 0 amide bonds. The molecule has 1 atom stereocenters. The van der Waals surface area contributed by atoms with Crippen molar-refractivity contribution in [3.05, 3.63) is 65.7 Å². The molecule has 2 aromatic carbocycles. The summed E-state index contributed by atoms with van der Waals surface area (Å²) >= 11 is 0. The van der Waals surface area contributed by atoms with Crippen LogP contribution in [0.25, 0.3) is 0 Å². The molecule has 0 radical (unpaired) electrons. The van der Waals surface area contributed by atoms with Gasteiger partial charge < -0.3 is 5.73 Å². The van der Waals surface area contributed by atoms with Crippen molar-refractivity contribution in [3.63, 3.8) is 0 Å². The van der Waals surface area contributed by atoms with Crippen LogP contribution in [0.4, 0.5) is 0 Å². The van der Waals surface area contributed by atoms with Crippen LogP contribution < -0.4 is 5.73 Å². The van der Waals surface area contributed by atoms with Gasteiger partial charge in [-0.15, -0.1) is 0 Å². The monoisotopic (exact) mass is 245 g/mol. The average molecular weight is 245 g/mol. The molecule has 0 aromatic heterocycles. The molecule has 88 valence electrons. The minimum absolute atomic E-state index is 0.520. The standard InChI is InChI=1S/C14H15NOS/c15-10-12-5-4-6-13(9-12)11-17(16)14-7-2-1-3-8-14/h1-9H,10-11,15H2. The van der Waals surface area contributed by atoms with Crippen molar-refractivity contribution in [1.29, 1.82) is 0 Å². The molecule has 2 aromatic rings. The molecule has 0 aliphatic carbocycles. The fourth-order valence-corrected chi connectivity index (χ4v) is 2.76. The zero-order chi connectivity index (χ0) is 12.1. The number of nitrogens with two attached hydrogens (primary N) is 1. The Labute approximate surface area is 104 Å². The van der Waals surface area contributed by atoms with Crippen LogP contribution in [-0.4, -0.2) is 4.21 Å². The van der Waals surface area contributed by atoms with Gasteiger partial charge in [0.25, 0.3) is 0 Å². The number of benzene rings is 2. The Balaban J connectivity index is 2.13. The molecule has 2 rings (SSSR count). The third kappa shape index (κ3) is 3.25. The molecule has 2 nitrogen and oxygen atoms in total. The van der Waals surface area contributed by atoms with Crippen molar-refractivity contribution in [2.75, 3.05) is 0 Å². The summed E-state index contributed by atoms with van der Waals surface area (Å²) in [7, 11) is -0.985. The number of rotatable bonds is 4. The molecule has 0 bridgehead atoms. The van der Waals surface area contributed by atoms with E-state index in [0.717, 1.165) is 16.0 Å². The Morgan fingerprint density at radius 1 is 0.941 bits per heavy atom. The molecule has 0 aliphatic heterocycles. The Morgan fingerprint density at radius 3 is 2.35 bits per heavy atom. The van der Waals surface area contributed by atoms with E-state index in [-0.39, 0.29) is 0 Å². The Kier molecular flexibility index (Phi) is 4.07. The molecular weight excluding hydrogens is 230 g/mol. The van der Waals surface area contributed by atoms with E-state index < -0.39 is 10.8 Å². The SMILES string of the molecule is NCc1cccc(CS(=O)c2ccccc2)c1. The summed E-state index contributed by atoms with van der Waals surface area (Å²) < 4.78 is 12.1. The van der Waals surface area contributed by atoms with E-state index in [1.165, 1.54) is 0 Å². The molecule has 0 heterocycles. The summed E-state index contributed by atoms with van der Waals surface area (Å²) in [5.41, 5.74) is 7.73. The number of hydrogen-bond donors (Lipinski definition) is 1. The quantitative estimate of drug-likeness (QED) is 0.899. The lowest BCUT2D eigenvalue weighted by molar-refractivity contribution is 0.682. The first-order valence-electron chi connectivity index (χ1n) is 5.51. The Morgan fingerprint density at radius 2 is 1.65 bits per heavy atom. The van der Waals surface area contributed by atoms with Gasteiger partial charge in [0, 0.05) is 11.4 Å². The van der Waals surface area contributed by atoms with Gasteiger partial charge in [0.05, 0.1) is 16.6 Å². The second-order valence-corrected chi connectivity index (χ2v) is 5.28. The molecule has 2 N–H and O–H groups in total. The largest absolute Gasteiger partial charge is 0.326 e. The second kappa shape index (κ2) is 5.75. The van der Waals surface area contributed by atoms with Crippen molar-refractivity contribution in [1.82, 2.24) is 0 Å². The third-order valence-electron chi connectivity index (χ3n) is 2.53. The van der Waals surface area contributed by atoms with Crippen molar-refractivity contribution in [3.8, 4) is 0 Å². The summed E-state index contributed by atoms with van der Waals surface area (Å²) in [5.74, 6) is 0.540. The third-order valence-corrected chi connectivity index (χ3v) is 3.92. The van der Waals surface area contributed by atoms with E-state index in [2.05, 4.69) is 0 Å². The maximum Gasteiger partial charge on any atom is 0.0574 e. The van der Waals surface area contributed by atoms with Gasteiger partial charge in [0.2, 0.25) is 0 Å². The molecule has 1 unspecified atom stereocenters. The normalized spacial score (nSPS) is 12.3. The maximum atomic E-state index is 12.1. The van der Waals surface area contributed by atoms with Crippen LogP contribution in [0.2, 0.25) is 0 Å². The van der Waals surface area contributed by atoms with E-state index in [0.29, 0.717) is 12.3 Å². The van der Waals surface area contributed by atoms with Crippen molar-refractivity contribution < 1.29 is 4.21 Å². The molecule has 0 saturated carbocycles. The van der Waals surface area contributed by atoms with Crippen molar-refractivity contribution in [2.45, 2.75) is 17.2 Å². The zero-order valence-electron chi connectivity index (χ0n) is 9.50. The predicted molar refractivity (Wildman–Crippen MR) is 70.9 cm³/mol. The van der Waals surface area contributed by atoms with Crippen LogP contribution in [0.3, 0.4) is 0 Å². The lowest BCUT2D eigenvalue weighted by Crippen LogP contribution is -2.00. The van der Waals surface area contributed by atoms with E-state index in [1.807, 2.05) is 54.6 Å². The Bertz CT molecular complexity index is 511. The summed E-state index contributed by atoms with van der Waals surface area (Å²) in [5, 5.41) is 0. The molecule has 3 heteroatoms. The highest BCUT2D eigenvalue weighted by Gasteiger charge is 2.04. The van der Waals surface area contributed by atoms with Crippen molar-refractivity contribution >= 4 is 10.8 Å². The first-order valence-corrected chi connectivity index (χ1v) is 6.83. The van der Waals surface area contributed by atoms with Gasteiger partial charge in [-0.1, -0.05) is 42.5 Å². The second-order valence-electron chi connectivity index (χ2n) is 3.83. The van der Waals surface area contributed by atoms with Gasteiger partial charge in [-0.2, -0.15) is 0 Å². The molecular formula is C14H15NOS. The van der Waals surface area contributed by atoms with Crippen LogP contribution in [-0.2, 0) is 23.1 Å². The summed E-state index contributed by atoms with van der Waals surface area (Å²) in [6, 6.07) is 17.5. The number of hydrogen-bond acceptors (Lipinski definition) is 2. The van der Waals surface area contributed by atoms with Gasteiger partial charge in [0.1, 0.15) is 0 Å². The van der Waals surface area contributed by atoms with Gasteiger partial charge in [0.15, 0.2) is 0 Å². The molecule has 0 spiro atoms. The van der Waals surface area contributed by atoms with Gasteiger partial charge in [-0.3, -0.25) is 4.21 Å². The van der Waals surface area contributed by atoms with Crippen LogP contribution in [0.15, 0.2) is 59.5 Å². The molecule has 0 aliphatic rings. The van der Waals surface area contributed by atoms with Crippen LogP contribution in [0.5, 0.6) is 0 Å². The van der Waals surface area contributed by atoms with E-state index >= 15 is 0 Å². The zero-order valence-corrected chi connectivity index (χ0v) is 10.3. The fourth-order valence-electron chi connectivity index (χ4n) is 1.65. The van der Waals surface area contributed by atoms with Crippen LogP contribution in [0, 0.1) is 0 Å².